The average Bonchev–Trinajstić information content (AvgIpc) is 2.94. The zero-order valence-corrected chi connectivity index (χ0v) is 14.5. The summed E-state index contributed by atoms with van der Waals surface area (Å²) in [6.07, 6.45) is -0.148. The summed E-state index contributed by atoms with van der Waals surface area (Å²) in [7, 11) is 0. The quantitative estimate of drug-likeness (QED) is 0.665. The standard InChI is InChI=1S/C17H21FN6O2/c1-10-8-15(25)22-16(20-10)24-14(7-11(2)23-24)21-17(26)19-9-12-3-5-13(18)6-4-12/h3-7,10,16,20H,8-9H2,1-2H3,(H,22,25)(H2,19,21,26). The van der Waals surface area contributed by atoms with Crippen LogP contribution in [-0.2, 0) is 11.3 Å². The van der Waals surface area contributed by atoms with E-state index < -0.39 is 12.3 Å². The van der Waals surface area contributed by atoms with Crippen molar-refractivity contribution in [2.45, 2.75) is 39.1 Å². The van der Waals surface area contributed by atoms with E-state index in [2.05, 4.69) is 26.4 Å². The van der Waals surface area contributed by atoms with Gasteiger partial charge in [0.2, 0.25) is 5.91 Å². The molecular weight excluding hydrogens is 339 g/mol. The van der Waals surface area contributed by atoms with Crippen molar-refractivity contribution in [3.63, 3.8) is 0 Å². The summed E-state index contributed by atoms with van der Waals surface area (Å²) < 4.78 is 14.4. The lowest BCUT2D eigenvalue weighted by molar-refractivity contribution is -0.125. The Morgan fingerprint density at radius 2 is 2.12 bits per heavy atom. The van der Waals surface area contributed by atoms with Gasteiger partial charge in [-0.15, -0.1) is 0 Å². The molecule has 3 amide bonds. The van der Waals surface area contributed by atoms with Crippen molar-refractivity contribution in [1.29, 1.82) is 0 Å². The van der Waals surface area contributed by atoms with Crippen molar-refractivity contribution in [1.82, 2.24) is 25.7 Å². The fourth-order valence-electron chi connectivity index (χ4n) is 2.74. The van der Waals surface area contributed by atoms with Crippen LogP contribution in [0, 0.1) is 12.7 Å². The van der Waals surface area contributed by atoms with Gasteiger partial charge in [-0.2, -0.15) is 5.10 Å². The van der Waals surface area contributed by atoms with Crippen molar-refractivity contribution in [3.05, 3.63) is 47.4 Å². The Hall–Kier alpha value is -2.94. The molecule has 0 bridgehead atoms. The molecule has 0 saturated carbocycles. The van der Waals surface area contributed by atoms with E-state index in [1.807, 2.05) is 6.92 Å². The molecule has 1 aliphatic rings. The lowest BCUT2D eigenvalue weighted by Crippen LogP contribution is -2.52. The first-order valence-electron chi connectivity index (χ1n) is 8.31. The molecule has 2 heterocycles. The molecule has 0 spiro atoms. The summed E-state index contributed by atoms with van der Waals surface area (Å²) in [5, 5.41) is 15.8. The second-order valence-electron chi connectivity index (χ2n) is 6.29. The van der Waals surface area contributed by atoms with Crippen LogP contribution in [0.15, 0.2) is 30.3 Å². The number of hydrogen-bond acceptors (Lipinski definition) is 4. The third-order valence-corrected chi connectivity index (χ3v) is 3.94. The fourth-order valence-corrected chi connectivity index (χ4v) is 2.74. The third-order valence-electron chi connectivity index (χ3n) is 3.94. The van der Waals surface area contributed by atoms with Gasteiger partial charge in [0.05, 0.1) is 5.69 Å². The Morgan fingerprint density at radius 1 is 1.38 bits per heavy atom. The van der Waals surface area contributed by atoms with Gasteiger partial charge in [-0.3, -0.25) is 15.4 Å². The number of carbonyl (C=O) groups is 2. The maximum absolute atomic E-state index is 12.9. The molecule has 2 aromatic rings. The van der Waals surface area contributed by atoms with Crippen molar-refractivity contribution in [2.75, 3.05) is 5.32 Å². The molecular formula is C17H21FN6O2. The minimum Gasteiger partial charge on any atom is -0.334 e. The van der Waals surface area contributed by atoms with Crippen LogP contribution >= 0.6 is 0 Å². The van der Waals surface area contributed by atoms with Gasteiger partial charge >= 0.3 is 6.03 Å². The minimum absolute atomic E-state index is 0.00147. The zero-order valence-electron chi connectivity index (χ0n) is 14.5. The van der Waals surface area contributed by atoms with Crippen molar-refractivity contribution < 1.29 is 14.0 Å². The molecule has 1 fully saturated rings. The summed E-state index contributed by atoms with van der Waals surface area (Å²) in [4.78, 5) is 23.9. The second kappa shape index (κ2) is 7.52. The van der Waals surface area contributed by atoms with Gasteiger partial charge in [0.25, 0.3) is 0 Å². The number of anilines is 1. The van der Waals surface area contributed by atoms with Crippen LogP contribution in [-0.4, -0.2) is 27.8 Å². The number of hydrogen-bond donors (Lipinski definition) is 4. The molecule has 9 heteroatoms. The summed E-state index contributed by atoms with van der Waals surface area (Å²) >= 11 is 0. The van der Waals surface area contributed by atoms with Crippen LogP contribution < -0.4 is 21.3 Å². The third kappa shape index (κ3) is 4.37. The number of urea groups is 1. The van der Waals surface area contributed by atoms with Gasteiger partial charge in [-0.25, -0.2) is 13.9 Å². The van der Waals surface area contributed by atoms with Gasteiger partial charge in [0.1, 0.15) is 11.6 Å². The summed E-state index contributed by atoms with van der Waals surface area (Å²) in [6.45, 7) is 3.96. The summed E-state index contributed by atoms with van der Waals surface area (Å²) in [5.41, 5.74) is 1.48. The highest BCUT2D eigenvalue weighted by molar-refractivity contribution is 5.88. The predicted octanol–water partition coefficient (Wildman–Crippen LogP) is 1.61. The number of nitrogens with one attached hydrogen (secondary N) is 4. The van der Waals surface area contributed by atoms with Crippen molar-refractivity contribution in [2.24, 2.45) is 0 Å². The van der Waals surface area contributed by atoms with Gasteiger partial charge in [0.15, 0.2) is 6.29 Å². The highest BCUT2D eigenvalue weighted by Crippen LogP contribution is 2.17. The number of nitrogens with zero attached hydrogens (tertiary/aromatic N) is 2. The maximum Gasteiger partial charge on any atom is 0.320 e. The van der Waals surface area contributed by atoms with E-state index in [-0.39, 0.29) is 24.3 Å². The Kier molecular flexibility index (Phi) is 5.17. The monoisotopic (exact) mass is 360 g/mol. The Balaban J connectivity index is 1.65. The number of rotatable bonds is 4. The van der Waals surface area contributed by atoms with E-state index in [4.69, 9.17) is 0 Å². The van der Waals surface area contributed by atoms with Crippen LogP contribution in [0.5, 0.6) is 0 Å². The van der Waals surface area contributed by atoms with E-state index >= 15 is 0 Å². The van der Waals surface area contributed by atoms with Crippen LogP contribution in [0.3, 0.4) is 0 Å². The lowest BCUT2D eigenvalue weighted by atomic mass is 10.2. The van der Waals surface area contributed by atoms with Crippen LogP contribution in [0.2, 0.25) is 0 Å². The average molecular weight is 360 g/mol. The van der Waals surface area contributed by atoms with E-state index in [1.54, 1.807) is 25.1 Å². The van der Waals surface area contributed by atoms with Gasteiger partial charge in [0, 0.05) is 25.1 Å². The van der Waals surface area contributed by atoms with E-state index in [0.29, 0.717) is 17.9 Å². The first-order chi connectivity index (χ1) is 12.4. The van der Waals surface area contributed by atoms with Crippen molar-refractivity contribution >= 4 is 17.8 Å². The smallest absolute Gasteiger partial charge is 0.320 e. The molecule has 26 heavy (non-hydrogen) atoms. The number of aromatic nitrogens is 2. The molecule has 8 nitrogen and oxygen atoms in total. The molecule has 1 aromatic heterocycles. The van der Waals surface area contributed by atoms with E-state index in [1.165, 1.54) is 16.8 Å². The molecule has 2 atom stereocenters. The Bertz CT molecular complexity index is 804. The maximum atomic E-state index is 12.9. The predicted molar refractivity (Wildman–Crippen MR) is 93.6 cm³/mol. The van der Waals surface area contributed by atoms with Crippen molar-refractivity contribution in [3.8, 4) is 0 Å². The molecule has 4 N–H and O–H groups in total. The highest BCUT2D eigenvalue weighted by atomic mass is 19.1. The first-order valence-corrected chi connectivity index (χ1v) is 8.31. The van der Waals surface area contributed by atoms with Crippen LogP contribution in [0.1, 0.15) is 30.9 Å². The summed E-state index contributed by atoms with van der Waals surface area (Å²) in [6, 6.07) is 7.17. The van der Waals surface area contributed by atoms with E-state index in [0.717, 1.165) is 5.56 Å². The number of aryl methyl sites for hydroxylation is 1. The largest absolute Gasteiger partial charge is 0.334 e. The Morgan fingerprint density at radius 3 is 2.81 bits per heavy atom. The van der Waals surface area contributed by atoms with Gasteiger partial charge in [-0.1, -0.05) is 12.1 Å². The number of carbonyl (C=O) groups excluding carboxylic acids is 2. The first kappa shape index (κ1) is 17.9. The van der Waals surface area contributed by atoms with E-state index in [9.17, 15) is 14.0 Å². The normalized spacial score (nSPS) is 19.7. The van der Waals surface area contributed by atoms with Gasteiger partial charge < -0.3 is 10.6 Å². The molecule has 1 aromatic carbocycles. The van der Waals surface area contributed by atoms with Crippen LogP contribution in [0.25, 0.3) is 0 Å². The number of halogens is 1. The molecule has 1 saturated heterocycles. The molecule has 3 rings (SSSR count). The fraction of sp³-hybridized carbons (Fsp3) is 0.353. The lowest BCUT2D eigenvalue weighted by Gasteiger charge is -2.30. The SMILES string of the molecule is Cc1cc(NC(=O)NCc2ccc(F)cc2)n(C2NC(=O)CC(C)N2)n1. The van der Waals surface area contributed by atoms with Gasteiger partial charge in [-0.05, 0) is 31.5 Å². The highest BCUT2D eigenvalue weighted by Gasteiger charge is 2.26. The molecule has 1 aliphatic heterocycles. The van der Waals surface area contributed by atoms with Crippen LogP contribution in [0.4, 0.5) is 15.0 Å². The molecule has 0 radical (unpaired) electrons. The minimum atomic E-state index is -0.535. The molecule has 138 valence electrons. The number of amides is 3. The summed E-state index contributed by atoms with van der Waals surface area (Å²) in [5.74, 6) is 0.0426. The Labute approximate surface area is 150 Å². The molecule has 0 aliphatic carbocycles. The molecule has 2 unspecified atom stereocenters. The number of benzene rings is 1. The second-order valence-corrected chi connectivity index (χ2v) is 6.29. The topological polar surface area (TPSA) is 100 Å². The zero-order chi connectivity index (χ0) is 18.7.